The number of hydrogen-bond donors (Lipinski definition) is 1. The van der Waals surface area contributed by atoms with Crippen molar-refractivity contribution in [1.29, 1.82) is 0 Å². The summed E-state index contributed by atoms with van der Waals surface area (Å²) in [6.45, 7) is 3.78. The molecule has 0 aromatic carbocycles. The maximum atomic E-state index is 11.1. The van der Waals surface area contributed by atoms with Crippen LogP contribution in [-0.2, 0) is 9.63 Å². The first-order valence-corrected chi connectivity index (χ1v) is 4.23. The van der Waals surface area contributed by atoms with Crippen LogP contribution >= 0.6 is 0 Å². The Hall–Kier alpha value is -0.610. The van der Waals surface area contributed by atoms with Gasteiger partial charge in [0, 0.05) is 20.0 Å². The molecular weight excluding hydrogens is 156 g/mol. The van der Waals surface area contributed by atoms with Gasteiger partial charge in [0.1, 0.15) is 0 Å². The third-order valence-corrected chi connectivity index (χ3v) is 1.57. The van der Waals surface area contributed by atoms with Crippen molar-refractivity contribution >= 4 is 5.91 Å². The molecule has 4 nitrogen and oxygen atoms in total. The van der Waals surface area contributed by atoms with Crippen molar-refractivity contribution in [3.63, 3.8) is 0 Å². The minimum absolute atomic E-state index is 0.00102. The lowest BCUT2D eigenvalue weighted by Gasteiger charge is -2.13. The van der Waals surface area contributed by atoms with E-state index in [-0.39, 0.29) is 5.91 Å². The van der Waals surface area contributed by atoms with Gasteiger partial charge in [0.2, 0.25) is 5.91 Å². The summed E-state index contributed by atoms with van der Waals surface area (Å²) >= 11 is 0. The van der Waals surface area contributed by atoms with E-state index in [0.29, 0.717) is 6.42 Å². The highest BCUT2D eigenvalue weighted by Crippen LogP contribution is 1.88. The van der Waals surface area contributed by atoms with E-state index in [9.17, 15) is 4.79 Å². The van der Waals surface area contributed by atoms with Crippen molar-refractivity contribution in [2.75, 3.05) is 27.2 Å². The van der Waals surface area contributed by atoms with Crippen molar-refractivity contribution in [3.8, 4) is 0 Å². The predicted octanol–water partition coefficient (Wildman–Crippen LogP) is 0.396. The monoisotopic (exact) mass is 174 g/mol. The second-order valence-electron chi connectivity index (χ2n) is 2.57. The number of carbonyl (C=O) groups excluding carboxylic acids is 1. The Balaban J connectivity index is 3.31. The molecule has 1 N–H and O–H groups in total. The lowest BCUT2D eigenvalue weighted by Crippen LogP contribution is -2.29. The molecule has 0 radical (unpaired) electrons. The highest BCUT2D eigenvalue weighted by molar-refractivity contribution is 5.74. The van der Waals surface area contributed by atoms with E-state index >= 15 is 0 Å². The summed E-state index contributed by atoms with van der Waals surface area (Å²) in [5, 5.41) is 4.39. The number of amides is 1. The van der Waals surface area contributed by atoms with Crippen molar-refractivity contribution in [3.05, 3.63) is 0 Å². The average Bonchev–Trinajstić information content (AvgIpc) is 2.10. The Morgan fingerprint density at radius 1 is 1.50 bits per heavy atom. The number of rotatable bonds is 6. The molecule has 0 fully saturated rings. The summed E-state index contributed by atoms with van der Waals surface area (Å²) in [6.07, 6.45) is 1.58. The normalized spacial score (nSPS) is 9.92. The molecule has 0 rings (SSSR count). The molecule has 0 aliphatic rings. The van der Waals surface area contributed by atoms with E-state index in [1.54, 1.807) is 7.05 Å². The zero-order chi connectivity index (χ0) is 9.40. The third-order valence-electron chi connectivity index (χ3n) is 1.57. The number of hydroxylamine groups is 2. The molecule has 0 aromatic rings. The fourth-order valence-electron chi connectivity index (χ4n) is 0.756. The number of nitrogens with zero attached hydrogens (tertiary/aromatic N) is 1. The molecule has 0 aromatic heterocycles. The Bertz CT molecular complexity index is 128. The SMILES string of the molecule is CCCNCCC(=O)N(C)OC. The summed E-state index contributed by atoms with van der Waals surface area (Å²) in [5.74, 6) is 0.00102. The predicted molar refractivity (Wildman–Crippen MR) is 47.6 cm³/mol. The Kier molecular flexibility index (Phi) is 6.70. The molecule has 1 amide bonds. The van der Waals surface area contributed by atoms with Gasteiger partial charge in [-0.1, -0.05) is 6.92 Å². The number of hydrogen-bond acceptors (Lipinski definition) is 3. The molecule has 0 bridgehead atoms. The Morgan fingerprint density at radius 2 is 2.17 bits per heavy atom. The Labute approximate surface area is 73.8 Å². The molecular formula is C8H18N2O2. The topological polar surface area (TPSA) is 41.6 Å². The van der Waals surface area contributed by atoms with Crippen LogP contribution in [-0.4, -0.2) is 38.2 Å². The van der Waals surface area contributed by atoms with Crippen molar-refractivity contribution in [2.24, 2.45) is 0 Å². The zero-order valence-corrected chi connectivity index (χ0v) is 8.09. The molecule has 0 aliphatic heterocycles. The molecule has 0 unspecified atom stereocenters. The highest BCUT2D eigenvalue weighted by atomic mass is 16.7. The van der Waals surface area contributed by atoms with Crippen LogP contribution in [0.4, 0.5) is 0 Å². The first-order chi connectivity index (χ1) is 5.72. The maximum Gasteiger partial charge on any atom is 0.247 e. The fraction of sp³-hybridized carbons (Fsp3) is 0.875. The summed E-state index contributed by atoms with van der Waals surface area (Å²) in [5.41, 5.74) is 0. The van der Waals surface area contributed by atoms with E-state index in [1.807, 2.05) is 0 Å². The highest BCUT2D eigenvalue weighted by Gasteiger charge is 2.05. The van der Waals surface area contributed by atoms with Gasteiger partial charge in [0.25, 0.3) is 0 Å². The second-order valence-corrected chi connectivity index (χ2v) is 2.57. The molecule has 12 heavy (non-hydrogen) atoms. The van der Waals surface area contributed by atoms with E-state index in [2.05, 4.69) is 12.2 Å². The number of nitrogens with one attached hydrogen (secondary N) is 1. The first kappa shape index (κ1) is 11.4. The van der Waals surface area contributed by atoms with E-state index < -0.39 is 0 Å². The van der Waals surface area contributed by atoms with Crippen molar-refractivity contribution in [1.82, 2.24) is 10.4 Å². The average molecular weight is 174 g/mol. The smallest absolute Gasteiger partial charge is 0.247 e. The first-order valence-electron chi connectivity index (χ1n) is 4.23. The molecule has 0 heterocycles. The van der Waals surface area contributed by atoms with Crippen LogP contribution in [0.25, 0.3) is 0 Å². The van der Waals surface area contributed by atoms with Gasteiger partial charge in [0.15, 0.2) is 0 Å². The molecule has 0 spiro atoms. The lowest BCUT2D eigenvalue weighted by atomic mass is 10.4. The van der Waals surface area contributed by atoms with Gasteiger partial charge in [-0.15, -0.1) is 0 Å². The molecule has 0 aliphatic carbocycles. The molecule has 0 saturated heterocycles. The van der Waals surface area contributed by atoms with E-state index in [1.165, 1.54) is 12.2 Å². The van der Waals surface area contributed by atoms with Crippen molar-refractivity contribution < 1.29 is 9.63 Å². The van der Waals surface area contributed by atoms with Crippen LogP contribution in [0.5, 0.6) is 0 Å². The van der Waals surface area contributed by atoms with Crippen LogP contribution in [0, 0.1) is 0 Å². The van der Waals surface area contributed by atoms with Crippen LogP contribution < -0.4 is 5.32 Å². The van der Waals surface area contributed by atoms with E-state index in [4.69, 9.17) is 4.84 Å². The third kappa shape index (κ3) is 5.09. The maximum absolute atomic E-state index is 11.1. The standard InChI is InChI=1S/C8H18N2O2/c1-4-6-9-7-5-8(11)10(2)12-3/h9H,4-7H2,1-3H3. The van der Waals surface area contributed by atoms with Gasteiger partial charge in [-0.25, -0.2) is 5.06 Å². The minimum Gasteiger partial charge on any atom is -0.316 e. The summed E-state index contributed by atoms with van der Waals surface area (Å²) in [6, 6.07) is 0. The van der Waals surface area contributed by atoms with Gasteiger partial charge < -0.3 is 5.32 Å². The Morgan fingerprint density at radius 3 is 2.67 bits per heavy atom. The molecule has 4 heteroatoms. The van der Waals surface area contributed by atoms with Gasteiger partial charge in [-0.2, -0.15) is 0 Å². The molecule has 72 valence electrons. The molecule has 0 atom stereocenters. The van der Waals surface area contributed by atoms with E-state index in [0.717, 1.165) is 19.5 Å². The largest absolute Gasteiger partial charge is 0.316 e. The summed E-state index contributed by atoms with van der Waals surface area (Å²) in [4.78, 5) is 15.8. The van der Waals surface area contributed by atoms with Gasteiger partial charge in [-0.05, 0) is 13.0 Å². The number of carbonyl (C=O) groups is 1. The van der Waals surface area contributed by atoms with Gasteiger partial charge in [-0.3, -0.25) is 9.63 Å². The van der Waals surface area contributed by atoms with Crippen molar-refractivity contribution in [2.45, 2.75) is 19.8 Å². The lowest BCUT2D eigenvalue weighted by molar-refractivity contribution is -0.168. The van der Waals surface area contributed by atoms with Crippen LogP contribution in [0.2, 0.25) is 0 Å². The molecule has 0 saturated carbocycles. The minimum atomic E-state index is 0.00102. The van der Waals surface area contributed by atoms with Gasteiger partial charge in [0.05, 0.1) is 7.11 Å². The van der Waals surface area contributed by atoms with Gasteiger partial charge >= 0.3 is 0 Å². The fourth-order valence-corrected chi connectivity index (χ4v) is 0.756. The summed E-state index contributed by atoms with van der Waals surface area (Å²) < 4.78 is 0. The van der Waals surface area contributed by atoms with Crippen LogP contribution in [0.3, 0.4) is 0 Å². The zero-order valence-electron chi connectivity index (χ0n) is 8.09. The second kappa shape index (κ2) is 7.06. The van der Waals surface area contributed by atoms with Crippen LogP contribution in [0.1, 0.15) is 19.8 Å². The van der Waals surface area contributed by atoms with Crippen LogP contribution in [0.15, 0.2) is 0 Å². The quantitative estimate of drug-likeness (QED) is 0.468. The summed E-state index contributed by atoms with van der Waals surface area (Å²) in [7, 11) is 3.10.